The van der Waals surface area contributed by atoms with Crippen molar-refractivity contribution in [1.29, 1.82) is 5.26 Å². The number of nitrogens with zero attached hydrogens (tertiary/aromatic N) is 1. The second-order valence-corrected chi connectivity index (χ2v) is 5.85. The van der Waals surface area contributed by atoms with Crippen molar-refractivity contribution in [3.05, 3.63) is 62.4 Å². The van der Waals surface area contributed by atoms with Crippen LogP contribution in [0.2, 0.25) is 0 Å². The highest BCUT2D eigenvalue weighted by Gasteiger charge is 2.11. The molecule has 0 atom stereocenters. The summed E-state index contributed by atoms with van der Waals surface area (Å²) in [6, 6.07) is 8.40. The lowest BCUT2D eigenvalue weighted by atomic mass is 10.1. The van der Waals surface area contributed by atoms with Crippen LogP contribution in [-0.4, -0.2) is 16.1 Å². The maximum atomic E-state index is 11.5. The first-order valence-corrected chi connectivity index (χ1v) is 7.50. The third kappa shape index (κ3) is 3.38. The second-order valence-electron chi connectivity index (χ2n) is 4.87. The summed E-state index contributed by atoms with van der Waals surface area (Å²) in [6.07, 6.45) is 0. The number of rotatable bonds is 4. The largest absolute Gasteiger partial charge is 0.478 e. The van der Waals surface area contributed by atoms with Gasteiger partial charge in [0.25, 0.3) is 0 Å². The van der Waals surface area contributed by atoms with E-state index in [1.165, 1.54) is 17.8 Å². The number of pyridine rings is 1. The summed E-state index contributed by atoms with van der Waals surface area (Å²) < 4.78 is 0. The zero-order chi connectivity index (χ0) is 16.3. The molecule has 6 heteroatoms. The van der Waals surface area contributed by atoms with Crippen LogP contribution in [0.3, 0.4) is 0 Å². The van der Waals surface area contributed by atoms with Gasteiger partial charge in [-0.05, 0) is 42.7 Å². The molecular formula is C16H14N2O3S. The predicted octanol–water partition coefficient (Wildman–Crippen LogP) is 2.85. The van der Waals surface area contributed by atoms with Gasteiger partial charge in [0, 0.05) is 11.8 Å². The minimum Gasteiger partial charge on any atom is -0.478 e. The van der Waals surface area contributed by atoms with Gasteiger partial charge in [0.1, 0.15) is 6.07 Å². The fourth-order valence-corrected chi connectivity index (χ4v) is 3.15. The van der Waals surface area contributed by atoms with E-state index >= 15 is 0 Å². The molecule has 2 N–H and O–H groups in total. The lowest BCUT2D eigenvalue weighted by Gasteiger charge is -2.09. The van der Waals surface area contributed by atoms with Crippen molar-refractivity contribution in [2.24, 2.45) is 0 Å². The molecule has 0 aliphatic heterocycles. The normalized spacial score (nSPS) is 10.2. The summed E-state index contributed by atoms with van der Waals surface area (Å²) in [4.78, 5) is 25.2. The molecule has 0 fully saturated rings. The number of benzene rings is 1. The van der Waals surface area contributed by atoms with Gasteiger partial charge in [-0.2, -0.15) is 5.26 Å². The number of aromatic carboxylic acids is 1. The molecular weight excluding hydrogens is 300 g/mol. The maximum Gasteiger partial charge on any atom is 0.335 e. The van der Waals surface area contributed by atoms with E-state index in [9.17, 15) is 14.9 Å². The monoisotopic (exact) mass is 314 g/mol. The Balaban J connectivity index is 2.32. The number of nitriles is 1. The van der Waals surface area contributed by atoms with Gasteiger partial charge >= 0.3 is 5.97 Å². The van der Waals surface area contributed by atoms with Gasteiger partial charge in [-0.25, -0.2) is 4.79 Å². The Kier molecular flexibility index (Phi) is 4.68. The Morgan fingerprint density at radius 3 is 2.68 bits per heavy atom. The van der Waals surface area contributed by atoms with Crippen LogP contribution < -0.4 is 5.56 Å². The molecule has 5 nitrogen and oxygen atoms in total. The first-order chi connectivity index (χ1) is 10.4. The SMILES string of the molecule is Cc1ccc(C(=O)O)cc1CSc1[nH]c(=O)cc(C)c1C#N. The maximum absolute atomic E-state index is 11.5. The van der Waals surface area contributed by atoms with Crippen LogP contribution in [0.1, 0.15) is 32.6 Å². The van der Waals surface area contributed by atoms with Crippen molar-refractivity contribution in [3.8, 4) is 6.07 Å². The zero-order valence-electron chi connectivity index (χ0n) is 12.1. The predicted molar refractivity (Wildman–Crippen MR) is 84.2 cm³/mol. The average Bonchev–Trinajstić information content (AvgIpc) is 2.45. The van der Waals surface area contributed by atoms with Gasteiger partial charge < -0.3 is 10.1 Å². The number of carboxylic acids is 1. The fraction of sp³-hybridized carbons (Fsp3) is 0.188. The summed E-state index contributed by atoms with van der Waals surface area (Å²) in [5, 5.41) is 18.7. The van der Waals surface area contributed by atoms with Gasteiger partial charge in [0.2, 0.25) is 5.56 Å². The highest BCUT2D eigenvalue weighted by atomic mass is 32.2. The number of aromatic nitrogens is 1. The van der Waals surface area contributed by atoms with Gasteiger partial charge in [0.15, 0.2) is 0 Å². The van der Waals surface area contributed by atoms with E-state index in [2.05, 4.69) is 11.1 Å². The number of aryl methyl sites for hydroxylation is 2. The number of carbonyl (C=O) groups is 1. The van der Waals surface area contributed by atoms with Crippen LogP contribution in [-0.2, 0) is 5.75 Å². The van der Waals surface area contributed by atoms with Crippen molar-refractivity contribution in [2.45, 2.75) is 24.6 Å². The molecule has 0 unspecified atom stereocenters. The minimum atomic E-state index is -0.979. The molecule has 0 saturated heterocycles. The van der Waals surface area contributed by atoms with Gasteiger partial charge in [0.05, 0.1) is 16.2 Å². The van der Waals surface area contributed by atoms with Crippen LogP contribution in [0.15, 0.2) is 34.1 Å². The molecule has 2 rings (SSSR count). The molecule has 0 saturated carbocycles. The van der Waals surface area contributed by atoms with Crippen molar-refractivity contribution in [1.82, 2.24) is 4.98 Å². The van der Waals surface area contributed by atoms with Crippen molar-refractivity contribution in [2.75, 3.05) is 0 Å². The molecule has 22 heavy (non-hydrogen) atoms. The van der Waals surface area contributed by atoms with Crippen LogP contribution in [0.25, 0.3) is 0 Å². The Bertz CT molecular complexity index is 834. The number of carboxylic acid groups (broad SMARTS) is 1. The van der Waals surface area contributed by atoms with Gasteiger partial charge in [-0.1, -0.05) is 6.07 Å². The van der Waals surface area contributed by atoms with E-state index in [1.54, 1.807) is 25.1 Å². The summed E-state index contributed by atoms with van der Waals surface area (Å²) in [5.41, 5.74) is 2.86. The number of hydrogen-bond acceptors (Lipinski definition) is 4. The molecule has 1 aromatic carbocycles. The number of aromatic amines is 1. The first kappa shape index (κ1) is 15.9. The molecule has 0 amide bonds. The Morgan fingerprint density at radius 1 is 1.32 bits per heavy atom. The average molecular weight is 314 g/mol. The van der Waals surface area contributed by atoms with Crippen molar-refractivity contribution >= 4 is 17.7 Å². The van der Waals surface area contributed by atoms with Crippen LogP contribution >= 0.6 is 11.8 Å². The summed E-state index contributed by atoms with van der Waals surface area (Å²) in [7, 11) is 0. The smallest absolute Gasteiger partial charge is 0.335 e. The molecule has 0 aliphatic rings. The molecule has 1 aromatic heterocycles. The van der Waals surface area contributed by atoms with Crippen LogP contribution in [0.4, 0.5) is 0 Å². The quantitative estimate of drug-likeness (QED) is 0.846. The van der Waals surface area contributed by atoms with Crippen LogP contribution in [0, 0.1) is 25.2 Å². The number of H-pyrrole nitrogens is 1. The fourth-order valence-electron chi connectivity index (χ4n) is 2.02. The number of nitrogens with one attached hydrogen (secondary N) is 1. The molecule has 0 aliphatic carbocycles. The molecule has 112 valence electrons. The zero-order valence-corrected chi connectivity index (χ0v) is 13.0. The van der Waals surface area contributed by atoms with E-state index in [1.807, 2.05) is 6.92 Å². The van der Waals surface area contributed by atoms with E-state index < -0.39 is 5.97 Å². The molecule has 0 spiro atoms. The van der Waals surface area contributed by atoms with E-state index in [-0.39, 0.29) is 11.1 Å². The van der Waals surface area contributed by atoms with Gasteiger partial charge in [-0.3, -0.25) is 4.79 Å². The standard InChI is InChI=1S/C16H14N2O3S/c1-9-3-4-11(16(20)21)6-12(9)8-22-15-13(7-17)10(2)5-14(19)18-15/h3-6H,8H2,1-2H3,(H,18,19)(H,20,21). The molecule has 0 radical (unpaired) electrons. The van der Waals surface area contributed by atoms with E-state index in [0.29, 0.717) is 21.9 Å². The van der Waals surface area contributed by atoms with Crippen molar-refractivity contribution in [3.63, 3.8) is 0 Å². The molecule has 1 heterocycles. The van der Waals surface area contributed by atoms with Crippen LogP contribution in [0.5, 0.6) is 0 Å². The number of hydrogen-bond donors (Lipinski definition) is 2. The van der Waals surface area contributed by atoms with E-state index in [4.69, 9.17) is 5.11 Å². The summed E-state index contributed by atoms with van der Waals surface area (Å²) >= 11 is 1.32. The molecule has 2 aromatic rings. The Labute approximate surface area is 131 Å². The summed E-state index contributed by atoms with van der Waals surface area (Å²) in [6.45, 7) is 3.61. The first-order valence-electron chi connectivity index (χ1n) is 6.52. The third-order valence-electron chi connectivity index (χ3n) is 3.29. The number of thioether (sulfide) groups is 1. The lowest BCUT2D eigenvalue weighted by Crippen LogP contribution is -2.08. The minimum absolute atomic E-state index is 0.222. The highest BCUT2D eigenvalue weighted by molar-refractivity contribution is 7.98. The Hall–Kier alpha value is -2.52. The van der Waals surface area contributed by atoms with E-state index in [0.717, 1.165) is 11.1 Å². The second kappa shape index (κ2) is 6.50. The van der Waals surface area contributed by atoms with Crippen molar-refractivity contribution < 1.29 is 9.90 Å². The lowest BCUT2D eigenvalue weighted by molar-refractivity contribution is 0.0697. The highest BCUT2D eigenvalue weighted by Crippen LogP contribution is 2.26. The third-order valence-corrected chi connectivity index (χ3v) is 4.34. The Morgan fingerprint density at radius 2 is 2.05 bits per heavy atom. The topological polar surface area (TPSA) is 93.9 Å². The summed E-state index contributed by atoms with van der Waals surface area (Å²) in [5.74, 6) is -0.506. The van der Waals surface area contributed by atoms with Gasteiger partial charge in [-0.15, -0.1) is 11.8 Å². The molecule has 0 bridgehead atoms.